The fraction of sp³-hybridized carbons (Fsp3) is 0.160. The predicted molar refractivity (Wildman–Crippen MR) is 122 cm³/mol. The van der Waals surface area contributed by atoms with Gasteiger partial charge in [-0.3, -0.25) is 4.79 Å². The first-order valence-corrected chi connectivity index (χ1v) is 10.5. The Hall–Kier alpha value is -4.14. The summed E-state index contributed by atoms with van der Waals surface area (Å²) in [6.07, 6.45) is -4.43. The Morgan fingerprint density at radius 3 is 2.29 bits per heavy atom. The van der Waals surface area contributed by atoms with Gasteiger partial charge in [0.1, 0.15) is 0 Å². The van der Waals surface area contributed by atoms with E-state index in [9.17, 15) is 18.0 Å². The Bertz CT molecular complexity index is 1300. The van der Waals surface area contributed by atoms with Crippen LogP contribution in [0.15, 0.2) is 72.8 Å². The lowest BCUT2D eigenvalue weighted by molar-refractivity contribution is -0.137. The van der Waals surface area contributed by atoms with Crippen LogP contribution in [0.3, 0.4) is 0 Å². The summed E-state index contributed by atoms with van der Waals surface area (Å²) in [7, 11) is 0. The summed E-state index contributed by atoms with van der Waals surface area (Å²) in [6, 6.07) is 18.9. The number of carbonyl (C=O) groups excluding carboxylic acids is 1. The maximum atomic E-state index is 12.9. The summed E-state index contributed by atoms with van der Waals surface area (Å²) >= 11 is 0. The van der Waals surface area contributed by atoms with Crippen LogP contribution in [-0.4, -0.2) is 27.3 Å². The van der Waals surface area contributed by atoms with Crippen LogP contribution in [-0.2, 0) is 6.18 Å². The third-order valence-corrected chi connectivity index (χ3v) is 5.09. The minimum absolute atomic E-state index is 0.106. The number of aromatic nitrogens is 3. The van der Waals surface area contributed by atoms with Crippen molar-refractivity contribution in [2.75, 3.05) is 11.9 Å². The number of hydrogen-bond acceptors (Lipinski definition) is 4. The minimum Gasteiger partial charge on any atom is -0.463 e. The summed E-state index contributed by atoms with van der Waals surface area (Å²) in [6.45, 7) is 3.98. The van der Waals surface area contributed by atoms with Gasteiger partial charge in [-0.05, 0) is 61.9 Å². The molecule has 0 saturated heterocycles. The number of carbonyl (C=O) groups is 1. The molecule has 0 fully saturated rings. The third-order valence-electron chi connectivity index (χ3n) is 5.09. The van der Waals surface area contributed by atoms with Crippen molar-refractivity contribution in [1.29, 1.82) is 0 Å². The lowest BCUT2D eigenvalue weighted by atomic mass is 10.1. The molecular formula is C25H21F3N4O2. The van der Waals surface area contributed by atoms with Gasteiger partial charge >= 0.3 is 12.2 Å². The molecule has 3 aromatic carbocycles. The minimum atomic E-state index is -4.43. The van der Waals surface area contributed by atoms with Crippen molar-refractivity contribution in [3.8, 4) is 23.1 Å². The number of amides is 1. The standard InChI is InChI=1S/C25H21F3N4O2/c1-3-34-24-30-22(17-8-10-18(11-9-17)25(26,27)28)32(31-24)20-14-12-19(13-15-20)29-23(33)21-7-5-4-6-16(21)2/h4-15H,3H2,1-2H3,(H,29,33). The van der Waals surface area contributed by atoms with Crippen molar-refractivity contribution < 1.29 is 22.7 Å². The molecule has 174 valence electrons. The topological polar surface area (TPSA) is 69.0 Å². The zero-order chi connectivity index (χ0) is 24.3. The number of benzene rings is 3. The molecule has 0 saturated carbocycles. The van der Waals surface area contributed by atoms with Crippen LogP contribution >= 0.6 is 0 Å². The zero-order valence-corrected chi connectivity index (χ0v) is 18.4. The number of anilines is 1. The Kier molecular flexibility index (Phi) is 6.36. The van der Waals surface area contributed by atoms with E-state index in [0.29, 0.717) is 34.9 Å². The van der Waals surface area contributed by atoms with Crippen LogP contribution in [0.4, 0.5) is 18.9 Å². The fourth-order valence-corrected chi connectivity index (χ4v) is 3.37. The Morgan fingerprint density at radius 2 is 1.68 bits per heavy atom. The number of nitrogens with zero attached hydrogens (tertiary/aromatic N) is 3. The van der Waals surface area contributed by atoms with Crippen molar-refractivity contribution in [1.82, 2.24) is 14.8 Å². The Balaban J connectivity index is 1.62. The molecule has 0 aliphatic carbocycles. The molecule has 0 unspecified atom stereocenters. The van der Waals surface area contributed by atoms with Crippen LogP contribution in [0.25, 0.3) is 17.1 Å². The van der Waals surface area contributed by atoms with Gasteiger partial charge in [0.25, 0.3) is 5.91 Å². The van der Waals surface area contributed by atoms with Crippen molar-refractivity contribution in [3.05, 3.63) is 89.5 Å². The first-order valence-electron chi connectivity index (χ1n) is 10.5. The van der Waals surface area contributed by atoms with E-state index in [2.05, 4.69) is 15.4 Å². The van der Waals surface area contributed by atoms with E-state index < -0.39 is 11.7 Å². The number of halogens is 3. The number of alkyl halides is 3. The van der Waals surface area contributed by atoms with Gasteiger partial charge in [0.2, 0.25) is 0 Å². The highest BCUT2D eigenvalue weighted by Gasteiger charge is 2.30. The number of nitrogens with one attached hydrogen (secondary N) is 1. The van der Waals surface area contributed by atoms with Crippen LogP contribution in [0.5, 0.6) is 6.01 Å². The Labute approximate surface area is 194 Å². The highest BCUT2D eigenvalue weighted by Crippen LogP contribution is 2.31. The molecule has 1 amide bonds. The van der Waals surface area contributed by atoms with Gasteiger partial charge in [-0.2, -0.15) is 18.2 Å². The van der Waals surface area contributed by atoms with Gasteiger partial charge in [0, 0.05) is 16.8 Å². The molecule has 1 heterocycles. The molecule has 6 nitrogen and oxygen atoms in total. The molecule has 9 heteroatoms. The maximum absolute atomic E-state index is 12.9. The number of aryl methyl sites for hydroxylation is 1. The van der Waals surface area contributed by atoms with E-state index in [1.165, 1.54) is 16.8 Å². The average Bonchev–Trinajstić information content (AvgIpc) is 3.23. The quantitative estimate of drug-likeness (QED) is 0.383. The molecule has 4 rings (SSSR count). The van der Waals surface area contributed by atoms with Crippen LogP contribution in [0.2, 0.25) is 0 Å². The molecule has 4 aromatic rings. The first-order chi connectivity index (χ1) is 16.3. The van der Waals surface area contributed by atoms with Gasteiger partial charge in [-0.15, -0.1) is 5.10 Å². The molecule has 34 heavy (non-hydrogen) atoms. The van der Waals surface area contributed by atoms with Gasteiger partial charge < -0.3 is 10.1 Å². The largest absolute Gasteiger partial charge is 0.463 e. The van der Waals surface area contributed by atoms with Crippen molar-refractivity contribution >= 4 is 11.6 Å². The highest BCUT2D eigenvalue weighted by molar-refractivity contribution is 6.05. The van der Waals surface area contributed by atoms with Crippen LogP contribution in [0.1, 0.15) is 28.4 Å². The molecule has 0 aliphatic heterocycles. The molecule has 1 N–H and O–H groups in total. The summed E-state index contributed by atoms with van der Waals surface area (Å²) in [5.74, 6) is 0.101. The summed E-state index contributed by atoms with van der Waals surface area (Å²) in [5, 5.41) is 7.20. The molecule has 1 aromatic heterocycles. The van der Waals surface area contributed by atoms with E-state index in [-0.39, 0.29) is 11.9 Å². The van der Waals surface area contributed by atoms with Crippen molar-refractivity contribution in [2.45, 2.75) is 20.0 Å². The lowest BCUT2D eigenvalue weighted by Crippen LogP contribution is -2.13. The van der Waals surface area contributed by atoms with E-state index >= 15 is 0 Å². The predicted octanol–water partition coefficient (Wildman–Crippen LogP) is 5.91. The van der Waals surface area contributed by atoms with E-state index in [0.717, 1.165) is 17.7 Å². The average molecular weight is 466 g/mol. The monoisotopic (exact) mass is 466 g/mol. The number of hydrogen-bond donors (Lipinski definition) is 1. The first kappa shape index (κ1) is 23.0. The molecule has 0 aliphatic rings. The zero-order valence-electron chi connectivity index (χ0n) is 18.4. The smallest absolute Gasteiger partial charge is 0.416 e. The highest BCUT2D eigenvalue weighted by atomic mass is 19.4. The molecule has 0 atom stereocenters. The fourth-order valence-electron chi connectivity index (χ4n) is 3.37. The second kappa shape index (κ2) is 9.38. The third kappa shape index (κ3) is 4.93. The molecule has 0 bridgehead atoms. The van der Waals surface area contributed by atoms with Crippen LogP contribution in [0, 0.1) is 6.92 Å². The Morgan fingerprint density at radius 1 is 1.00 bits per heavy atom. The maximum Gasteiger partial charge on any atom is 0.416 e. The SMILES string of the molecule is CCOc1nc(-c2ccc(C(F)(F)F)cc2)n(-c2ccc(NC(=O)c3ccccc3C)cc2)n1. The van der Waals surface area contributed by atoms with Crippen molar-refractivity contribution in [2.24, 2.45) is 0 Å². The van der Waals surface area contributed by atoms with Crippen molar-refractivity contribution in [3.63, 3.8) is 0 Å². The van der Waals surface area contributed by atoms with E-state index in [1.54, 1.807) is 43.3 Å². The van der Waals surface area contributed by atoms with Gasteiger partial charge in [-0.25, -0.2) is 4.68 Å². The number of ether oxygens (including phenoxy) is 1. The molecule has 0 spiro atoms. The second-order valence-corrected chi connectivity index (χ2v) is 7.45. The van der Waals surface area contributed by atoms with E-state index in [1.807, 2.05) is 19.1 Å². The van der Waals surface area contributed by atoms with Crippen LogP contribution < -0.4 is 10.1 Å². The number of rotatable bonds is 6. The van der Waals surface area contributed by atoms with Gasteiger partial charge in [0.05, 0.1) is 17.9 Å². The van der Waals surface area contributed by atoms with Gasteiger partial charge in [-0.1, -0.05) is 30.3 Å². The summed E-state index contributed by atoms with van der Waals surface area (Å²) < 4.78 is 45.7. The summed E-state index contributed by atoms with van der Waals surface area (Å²) in [4.78, 5) is 16.9. The molecule has 0 radical (unpaired) electrons. The van der Waals surface area contributed by atoms with Gasteiger partial charge in [0.15, 0.2) is 5.82 Å². The normalized spacial score (nSPS) is 11.3. The second-order valence-electron chi connectivity index (χ2n) is 7.45. The summed E-state index contributed by atoms with van der Waals surface area (Å²) in [5.41, 5.74) is 2.32. The molecular weight excluding hydrogens is 445 g/mol. The van der Waals surface area contributed by atoms with E-state index in [4.69, 9.17) is 4.74 Å². The lowest BCUT2D eigenvalue weighted by Gasteiger charge is -2.10.